The van der Waals surface area contributed by atoms with E-state index in [-0.39, 0.29) is 0 Å². The van der Waals surface area contributed by atoms with Crippen LogP contribution in [0.2, 0.25) is 0 Å². The van der Waals surface area contributed by atoms with Crippen molar-refractivity contribution < 1.29 is 0 Å². The molecule has 5 heteroatoms. The fourth-order valence-corrected chi connectivity index (χ4v) is 1.37. The highest BCUT2D eigenvalue weighted by Crippen LogP contribution is 2.05. The molecule has 13 heavy (non-hydrogen) atoms. The van der Waals surface area contributed by atoms with Gasteiger partial charge in [0.25, 0.3) is 0 Å². The SMILES string of the molecule is Cc1ccc(-n2nccn2)c(=S)[nH]1. The summed E-state index contributed by atoms with van der Waals surface area (Å²) in [6, 6.07) is 3.84. The van der Waals surface area contributed by atoms with Crippen molar-refractivity contribution in [3.63, 3.8) is 0 Å². The number of nitrogens with one attached hydrogen (secondary N) is 1. The molecule has 2 heterocycles. The molecule has 0 fully saturated rings. The van der Waals surface area contributed by atoms with Gasteiger partial charge in [-0.3, -0.25) is 0 Å². The van der Waals surface area contributed by atoms with Crippen molar-refractivity contribution >= 4 is 12.2 Å². The van der Waals surface area contributed by atoms with Crippen LogP contribution in [-0.2, 0) is 0 Å². The molecular formula is C8H8N4S. The molecule has 1 N–H and O–H groups in total. The Morgan fingerprint density at radius 3 is 2.62 bits per heavy atom. The van der Waals surface area contributed by atoms with Crippen LogP contribution in [-0.4, -0.2) is 20.0 Å². The Hall–Kier alpha value is -1.49. The topological polar surface area (TPSA) is 46.5 Å². The van der Waals surface area contributed by atoms with Crippen molar-refractivity contribution in [2.45, 2.75) is 6.92 Å². The third-order valence-corrected chi connectivity index (χ3v) is 1.98. The lowest BCUT2D eigenvalue weighted by Crippen LogP contribution is -2.00. The number of hydrogen-bond acceptors (Lipinski definition) is 3. The van der Waals surface area contributed by atoms with E-state index in [1.807, 2.05) is 19.1 Å². The lowest BCUT2D eigenvalue weighted by molar-refractivity contribution is 0.745. The van der Waals surface area contributed by atoms with Gasteiger partial charge < -0.3 is 4.98 Å². The highest BCUT2D eigenvalue weighted by molar-refractivity contribution is 7.71. The first-order valence-corrected chi connectivity index (χ1v) is 4.25. The van der Waals surface area contributed by atoms with Gasteiger partial charge in [0.1, 0.15) is 10.3 Å². The monoisotopic (exact) mass is 192 g/mol. The summed E-state index contributed by atoms with van der Waals surface area (Å²) in [6.45, 7) is 1.95. The minimum atomic E-state index is 0.649. The van der Waals surface area contributed by atoms with Crippen molar-refractivity contribution in [1.82, 2.24) is 20.0 Å². The molecule has 2 aromatic heterocycles. The zero-order valence-electron chi connectivity index (χ0n) is 7.06. The lowest BCUT2D eigenvalue weighted by atomic mass is 10.3. The molecule has 0 aromatic carbocycles. The lowest BCUT2D eigenvalue weighted by Gasteiger charge is -2.00. The van der Waals surface area contributed by atoms with E-state index in [2.05, 4.69) is 15.2 Å². The molecule has 0 radical (unpaired) electrons. The first-order chi connectivity index (χ1) is 6.27. The Bertz CT molecular complexity index is 457. The molecule has 2 aromatic rings. The van der Waals surface area contributed by atoms with E-state index in [1.165, 1.54) is 4.80 Å². The molecule has 0 saturated carbocycles. The summed E-state index contributed by atoms with van der Waals surface area (Å²) in [5, 5.41) is 7.99. The summed E-state index contributed by atoms with van der Waals surface area (Å²) >= 11 is 5.13. The maximum Gasteiger partial charge on any atom is 0.131 e. The highest BCUT2D eigenvalue weighted by atomic mass is 32.1. The largest absolute Gasteiger partial charge is 0.348 e. The predicted molar refractivity (Wildman–Crippen MR) is 51.3 cm³/mol. The molecule has 0 aliphatic carbocycles. The van der Waals surface area contributed by atoms with Gasteiger partial charge >= 0.3 is 0 Å². The van der Waals surface area contributed by atoms with Gasteiger partial charge in [0.2, 0.25) is 0 Å². The Labute approximate surface area is 80.2 Å². The second-order valence-electron chi connectivity index (χ2n) is 2.67. The average molecular weight is 192 g/mol. The van der Waals surface area contributed by atoms with E-state index in [4.69, 9.17) is 12.2 Å². The number of nitrogens with zero attached hydrogens (tertiary/aromatic N) is 3. The van der Waals surface area contributed by atoms with Crippen LogP contribution in [0, 0.1) is 11.6 Å². The van der Waals surface area contributed by atoms with E-state index in [9.17, 15) is 0 Å². The van der Waals surface area contributed by atoms with Gasteiger partial charge in [-0.05, 0) is 19.1 Å². The molecule has 0 amide bonds. The number of H-pyrrole nitrogens is 1. The summed E-state index contributed by atoms with van der Waals surface area (Å²) in [5.74, 6) is 0. The van der Waals surface area contributed by atoms with Gasteiger partial charge in [-0.15, -0.1) is 4.80 Å². The molecule has 66 valence electrons. The highest BCUT2D eigenvalue weighted by Gasteiger charge is 1.99. The van der Waals surface area contributed by atoms with Crippen LogP contribution in [0.3, 0.4) is 0 Å². The minimum Gasteiger partial charge on any atom is -0.348 e. The molecular weight excluding hydrogens is 184 g/mol. The molecule has 2 rings (SSSR count). The van der Waals surface area contributed by atoms with Crippen molar-refractivity contribution in [2.75, 3.05) is 0 Å². The van der Waals surface area contributed by atoms with Crippen LogP contribution in [0.15, 0.2) is 24.5 Å². The van der Waals surface area contributed by atoms with Crippen molar-refractivity contribution in [3.05, 3.63) is 34.9 Å². The van der Waals surface area contributed by atoms with Crippen LogP contribution in [0.25, 0.3) is 5.69 Å². The molecule has 0 spiro atoms. The zero-order chi connectivity index (χ0) is 9.26. The van der Waals surface area contributed by atoms with Crippen molar-refractivity contribution in [3.8, 4) is 5.69 Å². The molecule has 0 atom stereocenters. The standard InChI is InChI=1S/C8H8N4S/c1-6-2-3-7(8(13)11-6)12-9-4-5-10-12/h2-5H,1H3,(H,11,13). The van der Waals surface area contributed by atoms with Gasteiger partial charge in [-0.1, -0.05) is 12.2 Å². The Balaban J connectivity index is 2.60. The first-order valence-electron chi connectivity index (χ1n) is 3.84. The molecule has 0 unspecified atom stereocenters. The second kappa shape index (κ2) is 3.10. The van der Waals surface area contributed by atoms with Crippen LogP contribution in [0.5, 0.6) is 0 Å². The first kappa shape index (κ1) is 8.12. The number of aryl methyl sites for hydroxylation is 1. The van der Waals surface area contributed by atoms with Gasteiger partial charge in [-0.25, -0.2) is 0 Å². The molecule has 0 bridgehead atoms. The number of aromatic nitrogens is 4. The molecule has 0 saturated heterocycles. The van der Waals surface area contributed by atoms with E-state index in [0.29, 0.717) is 4.64 Å². The zero-order valence-corrected chi connectivity index (χ0v) is 7.88. The Morgan fingerprint density at radius 2 is 2.00 bits per heavy atom. The van der Waals surface area contributed by atoms with Crippen LogP contribution >= 0.6 is 12.2 Å². The van der Waals surface area contributed by atoms with E-state index < -0.39 is 0 Å². The fourth-order valence-electron chi connectivity index (χ4n) is 1.06. The Kier molecular flexibility index (Phi) is 1.94. The fraction of sp³-hybridized carbons (Fsp3) is 0.125. The van der Waals surface area contributed by atoms with E-state index in [1.54, 1.807) is 12.4 Å². The smallest absolute Gasteiger partial charge is 0.131 e. The quantitative estimate of drug-likeness (QED) is 0.698. The second-order valence-corrected chi connectivity index (χ2v) is 3.08. The van der Waals surface area contributed by atoms with E-state index >= 15 is 0 Å². The Morgan fingerprint density at radius 1 is 1.31 bits per heavy atom. The van der Waals surface area contributed by atoms with Gasteiger partial charge in [0, 0.05) is 5.69 Å². The molecule has 0 aliphatic rings. The average Bonchev–Trinajstić information content (AvgIpc) is 2.56. The third-order valence-electron chi connectivity index (χ3n) is 1.67. The summed E-state index contributed by atoms with van der Waals surface area (Å²) in [7, 11) is 0. The van der Waals surface area contributed by atoms with E-state index in [0.717, 1.165) is 11.4 Å². The number of pyridine rings is 1. The third kappa shape index (κ3) is 1.50. The number of rotatable bonds is 1. The summed E-state index contributed by atoms with van der Waals surface area (Å²) in [4.78, 5) is 4.54. The number of hydrogen-bond donors (Lipinski definition) is 1. The predicted octanol–water partition coefficient (Wildman–Crippen LogP) is 1.63. The maximum absolute atomic E-state index is 5.13. The van der Waals surface area contributed by atoms with Gasteiger partial charge in [0.05, 0.1) is 12.4 Å². The van der Waals surface area contributed by atoms with Crippen molar-refractivity contribution in [1.29, 1.82) is 0 Å². The molecule has 4 nitrogen and oxygen atoms in total. The van der Waals surface area contributed by atoms with Crippen LogP contribution in [0.4, 0.5) is 0 Å². The van der Waals surface area contributed by atoms with Gasteiger partial charge in [-0.2, -0.15) is 10.2 Å². The van der Waals surface area contributed by atoms with Crippen molar-refractivity contribution in [2.24, 2.45) is 0 Å². The minimum absolute atomic E-state index is 0.649. The molecule has 0 aliphatic heterocycles. The van der Waals surface area contributed by atoms with Crippen LogP contribution in [0.1, 0.15) is 5.69 Å². The normalized spacial score (nSPS) is 10.2. The summed E-state index contributed by atoms with van der Waals surface area (Å²) < 4.78 is 0.649. The van der Waals surface area contributed by atoms with Crippen LogP contribution < -0.4 is 0 Å². The summed E-state index contributed by atoms with van der Waals surface area (Å²) in [6.07, 6.45) is 3.24. The summed E-state index contributed by atoms with van der Waals surface area (Å²) in [5.41, 5.74) is 1.83. The number of aromatic amines is 1. The maximum atomic E-state index is 5.13. The van der Waals surface area contributed by atoms with Gasteiger partial charge in [0.15, 0.2) is 0 Å².